The first-order chi connectivity index (χ1) is 12.6. The molecule has 27 heavy (non-hydrogen) atoms. The summed E-state index contributed by atoms with van der Waals surface area (Å²) in [4.78, 5) is 22.9. The molecule has 6 heteroatoms. The zero-order valence-corrected chi connectivity index (χ0v) is 17.1. The van der Waals surface area contributed by atoms with E-state index in [9.17, 15) is 14.7 Å². The monoisotopic (exact) mass is 382 g/mol. The first-order valence-electron chi connectivity index (χ1n) is 9.52. The molecule has 0 spiro atoms. The second kappa shape index (κ2) is 14.2. The van der Waals surface area contributed by atoms with Crippen molar-refractivity contribution in [2.75, 3.05) is 27.7 Å². The van der Waals surface area contributed by atoms with E-state index in [1.54, 1.807) is 0 Å². The Morgan fingerprint density at radius 1 is 1.00 bits per heavy atom. The number of hydrogen-bond donors (Lipinski definition) is 2. The third kappa shape index (κ3) is 17.3. The highest BCUT2D eigenvalue weighted by Crippen LogP contribution is 2.10. The molecule has 6 nitrogen and oxygen atoms in total. The first-order valence-corrected chi connectivity index (χ1v) is 9.52. The molecule has 2 atom stereocenters. The van der Waals surface area contributed by atoms with Crippen LogP contribution in [-0.2, 0) is 14.3 Å². The minimum Gasteiger partial charge on any atom is -0.481 e. The van der Waals surface area contributed by atoms with Crippen LogP contribution in [0.15, 0.2) is 36.5 Å². The van der Waals surface area contributed by atoms with Gasteiger partial charge < -0.3 is 19.4 Å². The Hall–Kier alpha value is -1.92. The molecule has 0 heterocycles. The van der Waals surface area contributed by atoms with Crippen molar-refractivity contribution in [3.8, 4) is 0 Å². The number of quaternary nitrogens is 1. The summed E-state index contributed by atoms with van der Waals surface area (Å²) in [6.07, 6.45) is 13.3. The highest BCUT2D eigenvalue weighted by molar-refractivity contribution is 5.71. The standard InChI is InChI=1S/C21H35NO5/c1-5-6-7-8-9-10-11-12-13-14-18(23)15-21(26)27-19(16-20(24)25)17-22(2,3)4/h7-12,18-19,23H,5-6,13-17H2,1-4H3/p+1/b8-7+,10-9+,12-11+. The van der Waals surface area contributed by atoms with Crippen LogP contribution in [0.4, 0.5) is 0 Å². The quantitative estimate of drug-likeness (QED) is 0.274. The van der Waals surface area contributed by atoms with Gasteiger partial charge in [0.2, 0.25) is 0 Å². The molecule has 0 saturated carbocycles. The van der Waals surface area contributed by atoms with Gasteiger partial charge in [-0.2, -0.15) is 0 Å². The molecule has 0 fully saturated rings. The van der Waals surface area contributed by atoms with Gasteiger partial charge in [-0.25, -0.2) is 0 Å². The van der Waals surface area contributed by atoms with Crippen LogP contribution in [0.5, 0.6) is 0 Å². The number of carbonyl (C=O) groups excluding carboxylic acids is 1. The lowest BCUT2D eigenvalue weighted by molar-refractivity contribution is -0.873. The minimum absolute atomic E-state index is 0.128. The number of aliphatic hydroxyl groups is 1. The number of hydrogen-bond acceptors (Lipinski definition) is 4. The second-order valence-corrected chi connectivity index (χ2v) is 7.65. The topological polar surface area (TPSA) is 83.8 Å². The van der Waals surface area contributed by atoms with Crippen LogP contribution >= 0.6 is 0 Å². The van der Waals surface area contributed by atoms with Gasteiger partial charge >= 0.3 is 11.9 Å². The molecular weight excluding hydrogens is 346 g/mol. The smallest absolute Gasteiger partial charge is 0.308 e. The number of carboxylic acid groups (broad SMARTS) is 1. The molecule has 0 amide bonds. The zero-order chi connectivity index (χ0) is 20.7. The summed E-state index contributed by atoms with van der Waals surface area (Å²) in [5.41, 5.74) is 0. The SMILES string of the molecule is CCC/C=C/C=C/C=C/CCC(O)CC(=O)OC(CC(=O)O)C[N+](C)(C)C. The fraction of sp³-hybridized carbons (Fsp3) is 0.619. The van der Waals surface area contributed by atoms with Crippen molar-refractivity contribution in [2.24, 2.45) is 0 Å². The average molecular weight is 383 g/mol. The number of unbranched alkanes of at least 4 members (excludes halogenated alkanes) is 1. The summed E-state index contributed by atoms with van der Waals surface area (Å²) in [6.45, 7) is 2.53. The second-order valence-electron chi connectivity index (χ2n) is 7.65. The van der Waals surface area contributed by atoms with Crippen molar-refractivity contribution in [3.05, 3.63) is 36.5 Å². The number of allylic oxidation sites excluding steroid dienone is 6. The molecule has 0 aliphatic heterocycles. The number of likely N-dealkylation sites (N-methyl/N-ethyl adjacent to an activating group) is 1. The van der Waals surface area contributed by atoms with Crippen LogP contribution < -0.4 is 0 Å². The summed E-state index contributed by atoms with van der Waals surface area (Å²) >= 11 is 0. The largest absolute Gasteiger partial charge is 0.481 e. The number of carboxylic acids is 1. The number of rotatable bonds is 14. The Labute approximate surface area is 163 Å². The van der Waals surface area contributed by atoms with Gasteiger partial charge in [0.15, 0.2) is 6.10 Å². The molecule has 0 aliphatic rings. The van der Waals surface area contributed by atoms with Crippen LogP contribution in [0, 0.1) is 0 Å². The lowest BCUT2D eigenvalue weighted by atomic mass is 10.1. The molecule has 0 aromatic heterocycles. The van der Waals surface area contributed by atoms with E-state index in [2.05, 4.69) is 13.0 Å². The fourth-order valence-corrected chi connectivity index (χ4v) is 2.41. The van der Waals surface area contributed by atoms with Gasteiger partial charge in [-0.05, 0) is 19.3 Å². The fourth-order valence-electron chi connectivity index (χ4n) is 2.41. The highest BCUT2D eigenvalue weighted by atomic mass is 16.5. The van der Waals surface area contributed by atoms with E-state index >= 15 is 0 Å². The molecule has 2 N–H and O–H groups in total. The van der Waals surface area contributed by atoms with Crippen LogP contribution in [-0.4, -0.2) is 66.5 Å². The van der Waals surface area contributed by atoms with Gasteiger partial charge in [0, 0.05) is 0 Å². The Morgan fingerprint density at radius 2 is 1.59 bits per heavy atom. The van der Waals surface area contributed by atoms with Gasteiger partial charge in [0.05, 0.1) is 40.1 Å². The third-order valence-corrected chi connectivity index (χ3v) is 3.58. The van der Waals surface area contributed by atoms with E-state index in [0.29, 0.717) is 23.9 Å². The summed E-state index contributed by atoms with van der Waals surface area (Å²) in [5, 5.41) is 18.9. The first kappa shape index (κ1) is 25.1. The number of aliphatic carboxylic acids is 1. The van der Waals surface area contributed by atoms with Crippen molar-refractivity contribution >= 4 is 11.9 Å². The van der Waals surface area contributed by atoms with E-state index in [1.807, 2.05) is 51.5 Å². The van der Waals surface area contributed by atoms with Crippen molar-refractivity contribution in [1.29, 1.82) is 0 Å². The molecule has 0 rings (SSSR count). The maximum atomic E-state index is 12.0. The maximum absolute atomic E-state index is 12.0. The van der Waals surface area contributed by atoms with Gasteiger partial charge in [-0.15, -0.1) is 0 Å². The maximum Gasteiger partial charge on any atom is 0.308 e. The Bertz CT molecular complexity index is 517. The Kier molecular flexibility index (Phi) is 13.2. The lowest BCUT2D eigenvalue weighted by Crippen LogP contribution is -2.44. The Morgan fingerprint density at radius 3 is 2.11 bits per heavy atom. The van der Waals surface area contributed by atoms with Gasteiger partial charge in [0.1, 0.15) is 6.54 Å². The molecule has 0 aromatic rings. The van der Waals surface area contributed by atoms with Crippen molar-refractivity contribution in [3.63, 3.8) is 0 Å². The summed E-state index contributed by atoms with van der Waals surface area (Å²) < 4.78 is 5.75. The molecule has 0 aliphatic carbocycles. The third-order valence-electron chi connectivity index (χ3n) is 3.58. The van der Waals surface area contributed by atoms with Gasteiger partial charge in [0.25, 0.3) is 0 Å². The number of carbonyl (C=O) groups is 2. The summed E-state index contributed by atoms with van der Waals surface area (Å²) in [6, 6.07) is 0. The van der Waals surface area contributed by atoms with E-state index < -0.39 is 24.1 Å². The average Bonchev–Trinajstić information content (AvgIpc) is 2.50. The highest BCUT2D eigenvalue weighted by Gasteiger charge is 2.25. The normalized spacial score (nSPS) is 14.9. The molecular formula is C21H36NO5+. The molecule has 0 bridgehead atoms. The van der Waals surface area contributed by atoms with E-state index in [0.717, 1.165) is 12.8 Å². The molecule has 0 aromatic carbocycles. The molecule has 2 unspecified atom stereocenters. The van der Waals surface area contributed by atoms with E-state index in [4.69, 9.17) is 9.84 Å². The van der Waals surface area contributed by atoms with Gasteiger partial charge in [-0.1, -0.05) is 49.8 Å². The predicted octanol–water partition coefficient (Wildman–Crippen LogP) is 3.08. The number of nitrogens with zero attached hydrogens (tertiary/aromatic N) is 1. The summed E-state index contributed by atoms with van der Waals surface area (Å²) in [7, 11) is 5.70. The van der Waals surface area contributed by atoms with Crippen molar-refractivity contribution in [1.82, 2.24) is 0 Å². The van der Waals surface area contributed by atoms with Crippen LogP contribution in [0.3, 0.4) is 0 Å². The minimum atomic E-state index is -1.01. The van der Waals surface area contributed by atoms with E-state index in [-0.39, 0.29) is 12.8 Å². The van der Waals surface area contributed by atoms with E-state index in [1.165, 1.54) is 0 Å². The predicted molar refractivity (Wildman–Crippen MR) is 107 cm³/mol. The van der Waals surface area contributed by atoms with Crippen LogP contribution in [0.2, 0.25) is 0 Å². The van der Waals surface area contributed by atoms with Crippen LogP contribution in [0.1, 0.15) is 45.4 Å². The van der Waals surface area contributed by atoms with Crippen molar-refractivity contribution in [2.45, 2.75) is 57.7 Å². The molecule has 0 radical (unpaired) electrons. The number of esters is 1. The molecule has 0 saturated heterocycles. The Balaban J connectivity index is 4.22. The number of ether oxygens (including phenoxy) is 1. The molecule has 154 valence electrons. The summed E-state index contributed by atoms with van der Waals surface area (Å²) in [5.74, 6) is -1.57. The zero-order valence-electron chi connectivity index (χ0n) is 17.1. The van der Waals surface area contributed by atoms with Gasteiger partial charge in [-0.3, -0.25) is 9.59 Å². The van der Waals surface area contributed by atoms with Crippen molar-refractivity contribution < 1.29 is 29.0 Å². The van der Waals surface area contributed by atoms with Crippen LogP contribution in [0.25, 0.3) is 0 Å². The lowest BCUT2D eigenvalue weighted by Gasteiger charge is -2.28. The number of aliphatic hydroxyl groups excluding tert-OH is 1.